The summed E-state index contributed by atoms with van der Waals surface area (Å²) in [6.07, 6.45) is 0. The minimum Gasteiger partial charge on any atom is -0.344 e. The average molecular weight is 233 g/mol. The van der Waals surface area contributed by atoms with Crippen molar-refractivity contribution < 1.29 is 9.59 Å². The molecule has 0 atom stereocenters. The summed E-state index contributed by atoms with van der Waals surface area (Å²) in [5.41, 5.74) is 0.384. The number of hydrogen-bond donors (Lipinski definition) is 1. The highest BCUT2D eigenvalue weighted by Gasteiger charge is 2.16. The van der Waals surface area contributed by atoms with E-state index in [1.54, 1.807) is 0 Å². The number of hydrogen-bond acceptors (Lipinski definition) is 3. The SMILES string of the molecule is C=NC(=O)C(=C)C(=C)C(=C)C(=C)C(=O)N=C.N. The van der Waals surface area contributed by atoms with E-state index in [2.05, 4.69) is 49.7 Å². The van der Waals surface area contributed by atoms with Gasteiger partial charge in [-0.15, -0.1) is 0 Å². The Kier molecular flexibility index (Phi) is 6.97. The summed E-state index contributed by atoms with van der Waals surface area (Å²) in [4.78, 5) is 28.6. The van der Waals surface area contributed by atoms with E-state index in [-0.39, 0.29) is 28.4 Å². The van der Waals surface area contributed by atoms with E-state index < -0.39 is 11.8 Å². The number of amides is 2. The highest BCUT2D eigenvalue weighted by Crippen LogP contribution is 2.22. The Morgan fingerprint density at radius 3 is 1.06 bits per heavy atom. The molecule has 0 saturated carbocycles. The van der Waals surface area contributed by atoms with Crippen molar-refractivity contribution in [2.45, 2.75) is 0 Å². The Morgan fingerprint density at radius 2 is 0.882 bits per heavy atom. The molecule has 2 amide bonds. The minimum absolute atomic E-state index is 0. The van der Waals surface area contributed by atoms with Crippen LogP contribution in [0.2, 0.25) is 0 Å². The average Bonchev–Trinajstić information content (AvgIpc) is 2.32. The van der Waals surface area contributed by atoms with Crippen LogP contribution in [0.3, 0.4) is 0 Å². The molecule has 0 spiro atoms. The summed E-state index contributed by atoms with van der Waals surface area (Å²) in [7, 11) is 0. The van der Waals surface area contributed by atoms with E-state index in [0.717, 1.165) is 0 Å². The quantitative estimate of drug-likeness (QED) is 0.446. The summed E-state index contributed by atoms with van der Waals surface area (Å²) >= 11 is 0. The van der Waals surface area contributed by atoms with Crippen molar-refractivity contribution in [3.63, 3.8) is 0 Å². The van der Waals surface area contributed by atoms with Crippen molar-refractivity contribution in [2.75, 3.05) is 0 Å². The van der Waals surface area contributed by atoms with E-state index in [4.69, 9.17) is 0 Å². The number of aliphatic imine (C=N–C) groups is 2. The Hall–Kier alpha value is -2.40. The number of nitrogens with zero attached hydrogens (tertiary/aromatic N) is 2. The lowest BCUT2D eigenvalue weighted by Gasteiger charge is -2.09. The maximum Gasteiger partial charge on any atom is 0.276 e. The number of carbonyl (C=O) groups excluding carboxylic acids is 2. The molecular weight excluding hydrogens is 218 g/mol. The first-order chi connectivity index (χ1) is 7.36. The summed E-state index contributed by atoms with van der Waals surface area (Å²) in [5.74, 6) is -1.25. The monoisotopic (exact) mass is 233 g/mol. The number of carbonyl (C=O) groups is 2. The standard InChI is InChI=1S/C12H12N2O2.H3N/c1-7(9(3)11(15)13-5)8(2)10(4)12(16)14-6;/h1-6H2;1H3. The van der Waals surface area contributed by atoms with Crippen molar-refractivity contribution in [3.8, 4) is 0 Å². The van der Waals surface area contributed by atoms with Gasteiger partial charge in [0.05, 0.1) is 0 Å². The van der Waals surface area contributed by atoms with E-state index in [1.165, 1.54) is 0 Å². The van der Waals surface area contributed by atoms with Gasteiger partial charge in [0.15, 0.2) is 0 Å². The van der Waals surface area contributed by atoms with Crippen LogP contribution in [-0.4, -0.2) is 25.2 Å². The first-order valence-corrected chi connectivity index (χ1v) is 4.15. The summed E-state index contributed by atoms with van der Waals surface area (Å²) in [6.45, 7) is 20.2. The lowest BCUT2D eigenvalue weighted by Crippen LogP contribution is -2.06. The van der Waals surface area contributed by atoms with Crippen LogP contribution in [0.5, 0.6) is 0 Å². The van der Waals surface area contributed by atoms with Crippen LogP contribution >= 0.6 is 0 Å². The smallest absolute Gasteiger partial charge is 0.276 e. The highest BCUT2D eigenvalue weighted by molar-refractivity contribution is 6.05. The molecule has 0 radical (unpaired) electrons. The fraction of sp³-hybridized carbons (Fsp3) is 0. The third-order valence-electron chi connectivity index (χ3n) is 1.90. The van der Waals surface area contributed by atoms with Gasteiger partial charge >= 0.3 is 0 Å². The topological polar surface area (TPSA) is 93.9 Å². The zero-order valence-electron chi connectivity index (χ0n) is 9.66. The maximum absolute atomic E-state index is 11.1. The molecule has 0 rings (SSSR count). The molecule has 0 aliphatic rings. The first-order valence-electron chi connectivity index (χ1n) is 4.15. The molecule has 0 aromatic rings. The predicted molar refractivity (Wildman–Crippen MR) is 70.7 cm³/mol. The van der Waals surface area contributed by atoms with Crippen LogP contribution in [0.15, 0.2) is 58.6 Å². The molecule has 0 aliphatic carbocycles. The van der Waals surface area contributed by atoms with Gasteiger partial charge in [-0.1, -0.05) is 26.3 Å². The molecule has 0 bridgehead atoms. The van der Waals surface area contributed by atoms with E-state index in [1.807, 2.05) is 0 Å². The van der Waals surface area contributed by atoms with Crippen LogP contribution in [-0.2, 0) is 9.59 Å². The molecule has 5 heteroatoms. The third-order valence-corrected chi connectivity index (χ3v) is 1.90. The molecule has 17 heavy (non-hydrogen) atoms. The van der Waals surface area contributed by atoms with Crippen LogP contribution in [0, 0.1) is 0 Å². The number of rotatable bonds is 5. The fourth-order valence-corrected chi connectivity index (χ4v) is 0.813. The molecule has 3 N–H and O–H groups in total. The van der Waals surface area contributed by atoms with Crippen molar-refractivity contribution in [1.82, 2.24) is 6.15 Å². The molecule has 0 aromatic carbocycles. The summed E-state index contributed by atoms with van der Waals surface area (Å²) in [6, 6.07) is 0. The van der Waals surface area contributed by atoms with Gasteiger partial charge in [-0.25, -0.2) is 9.98 Å². The Labute approximate surface area is 100 Å². The van der Waals surface area contributed by atoms with Crippen molar-refractivity contribution in [3.05, 3.63) is 48.6 Å². The van der Waals surface area contributed by atoms with Gasteiger partial charge in [0.1, 0.15) is 0 Å². The van der Waals surface area contributed by atoms with Gasteiger partial charge in [-0.05, 0) is 24.6 Å². The fourth-order valence-electron chi connectivity index (χ4n) is 0.813. The first kappa shape index (κ1) is 17.0. The minimum atomic E-state index is -0.627. The van der Waals surface area contributed by atoms with Gasteiger partial charge in [0.2, 0.25) is 0 Å². The zero-order valence-corrected chi connectivity index (χ0v) is 9.66. The summed E-state index contributed by atoms with van der Waals surface area (Å²) < 4.78 is 0. The molecule has 5 nitrogen and oxygen atoms in total. The van der Waals surface area contributed by atoms with E-state index in [9.17, 15) is 9.59 Å². The third kappa shape index (κ3) is 3.92. The molecule has 0 aromatic heterocycles. The highest BCUT2D eigenvalue weighted by atomic mass is 16.1. The van der Waals surface area contributed by atoms with Gasteiger partial charge in [-0.2, -0.15) is 0 Å². The lowest BCUT2D eigenvalue weighted by atomic mass is 9.96. The van der Waals surface area contributed by atoms with Crippen LogP contribution < -0.4 is 6.15 Å². The molecule has 0 fully saturated rings. The lowest BCUT2D eigenvalue weighted by molar-refractivity contribution is -0.115. The predicted octanol–water partition coefficient (Wildman–Crippen LogP) is 1.83. The molecule has 0 saturated heterocycles. The van der Waals surface area contributed by atoms with Crippen LogP contribution in [0.25, 0.3) is 0 Å². The van der Waals surface area contributed by atoms with Gasteiger partial charge < -0.3 is 6.15 Å². The second-order valence-corrected chi connectivity index (χ2v) is 2.84. The van der Waals surface area contributed by atoms with Crippen molar-refractivity contribution in [2.24, 2.45) is 9.98 Å². The van der Waals surface area contributed by atoms with Gasteiger partial charge in [-0.3, -0.25) is 9.59 Å². The second-order valence-electron chi connectivity index (χ2n) is 2.84. The normalized spacial score (nSPS) is 8.24. The van der Waals surface area contributed by atoms with E-state index in [0.29, 0.717) is 0 Å². The second kappa shape index (κ2) is 6.97. The van der Waals surface area contributed by atoms with Gasteiger partial charge in [0, 0.05) is 11.1 Å². The molecular formula is C12H15N3O2. The van der Waals surface area contributed by atoms with Crippen molar-refractivity contribution >= 4 is 25.2 Å². The Bertz CT molecular complexity index is 403. The molecule has 0 unspecified atom stereocenters. The van der Waals surface area contributed by atoms with E-state index >= 15 is 0 Å². The molecule has 0 heterocycles. The zero-order chi connectivity index (χ0) is 12.9. The largest absolute Gasteiger partial charge is 0.344 e. The Balaban J connectivity index is 0. The van der Waals surface area contributed by atoms with Gasteiger partial charge in [0.25, 0.3) is 11.8 Å². The molecule has 90 valence electrons. The summed E-state index contributed by atoms with van der Waals surface area (Å²) in [5, 5.41) is 0. The van der Waals surface area contributed by atoms with Crippen LogP contribution in [0.1, 0.15) is 0 Å². The van der Waals surface area contributed by atoms with Crippen molar-refractivity contribution in [1.29, 1.82) is 0 Å². The maximum atomic E-state index is 11.1. The molecule has 0 aliphatic heterocycles. The Morgan fingerprint density at radius 1 is 0.647 bits per heavy atom. The van der Waals surface area contributed by atoms with Crippen LogP contribution in [0.4, 0.5) is 0 Å².